The third kappa shape index (κ3) is 3.14. The molecular weight excluding hydrogens is 366 g/mol. The first-order valence-corrected chi connectivity index (χ1v) is 9.47. The van der Waals surface area contributed by atoms with E-state index in [1.807, 2.05) is 60.8 Å². The van der Waals surface area contributed by atoms with Crippen LogP contribution in [0.5, 0.6) is 0 Å². The van der Waals surface area contributed by atoms with Gasteiger partial charge in [-0.15, -0.1) is 11.3 Å². The molecule has 0 atom stereocenters. The quantitative estimate of drug-likeness (QED) is 0.415. The third-order valence-electron chi connectivity index (χ3n) is 4.32. The molecule has 26 heavy (non-hydrogen) atoms. The van der Waals surface area contributed by atoms with Gasteiger partial charge in [-0.2, -0.15) is 0 Å². The maximum atomic E-state index is 13.4. The van der Waals surface area contributed by atoms with Crippen molar-refractivity contribution in [3.63, 3.8) is 0 Å². The van der Waals surface area contributed by atoms with E-state index in [0.717, 1.165) is 27.1 Å². The van der Waals surface area contributed by atoms with Gasteiger partial charge in [-0.05, 0) is 48.7 Å². The maximum absolute atomic E-state index is 13.4. The Morgan fingerprint density at radius 1 is 1.08 bits per heavy atom. The Balaban J connectivity index is 1.77. The highest BCUT2D eigenvalue weighted by Crippen LogP contribution is 2.29. The number of aryl methyl sites for hydroxylation is 1. The van der Waals surface area contributed by atoms with Crippen molar-refractivity contribution < 1.29 is 9.21 Å². The highest BCUT2D eigenvalue weighted by molar-refractivity contribution is 7.09. The van der Waals surface area contributed by atoms with Crippen molar-refractivity contribution in [3.8, 4) is 0 Å². The zero-order valence-corrected chi connectivity index (χ0v) is 15.7. The number of furan rings is 1. The molecule has 0 fully saturated rings. The lowest BCUT2D eigenvalue weighted by Gasteiger charge is -2.21. The van der Waals surface area contributed by atoms with Crippen LogP contribution in [0.2, 0.25) is 5.02 Å². The van der Waals surface area contributed by atoms with E-state index in [9.17, 15) is 4.79 Å². The zero-order chi connectivity index (χ0) is 18.1. The number of thiophene rings is 1. The van der Waals surface area contributed by atoms with Crippen LogP contribution in [-0.2, 0) is 6.54 Å². The number of hydrogen-bond acceptors (Lipinski definition) is 3. The van der Waals surface area contributed by atoms with E-state index in [0.29, 0.717) is 17.3 Å². The molecule has 130 valence electrons. The normalized spacial score (nSPS) is 11.0. The molecule has 2 heterocycles. The number of rotatable bonds is 4. The highest BCUT2D eigenvalue weighted by atomic mass is 35.5. The van der Waals surface area contributed by atoms with Gasteiger partial charge in [-0.3, -0.25) is 4.79 Å². The molecule has 3 nitrogen and oxygen atoms in total. The Morgan fingerprint density at radius 2 is 1.85 bits per heavy atom. The first kappa shape index (κ1) is 16.9. The van der Waals surface area contributed by atoms with Crippen LogP contribution in [0.15, 0.2) is 70.5 Å². The SMILES string of the molecule is Cc1c(C(=O)N(Cc2cccs2)c2ccc(Cl)cc2)oc2ccccc12. The van der Waals surface area contributed by atoms with E-state index in [1.165, 1.54) is 0 Å². The van der Waals surface area contributed by atoms with Gasteiger partial charge in [0, 0.05) is 26.5 Å². The van der Waals surface area contributed by atoms with Crippen LogP contribution in [0, 0.1) is 6.92 Å². The summed E-state index contributed by atoms with van der Waals surface area (Å²) >= 11 is 7.63. The van der Waals surface area contributed by atoms with Crippen molar-refractivity contribution in [1.82, 2.24) is 0 Å². The molecule has 1 amide bonds. The topological polar surface area (TPSA) is 33.5 Å². The number of carbonyl (C=O) groups excluding carboxylic acids is 1. The number of fused-ring (bicyclic) bond motifs is 1. The van der Waals surface area contributed by atoms with Crippen LogP contribution >= 0.6 is 22.9 Å². The van der Waals surface area contributed by atoms with Gasteiger partial charge < -0.3 is 9.32 Å². The van der Waals surface area contributed by atoms with Gasteiger partial charge in [0.2, 0.25) is 0 Å². The summed E-state index contributed by atoms with van der Waals surface area (Å²) in [5, 5.41) is 3.60. The van der Waals surface area contributed by atoms with Gasteiger partial charge in [-0.25, -0.2) is 0 Å². The molecule has 4 rings (SSSR count). The summed E-state index contributed by atoms with van der Waals surface area (Å²) in [6.07, 6.45) is 0. The van der Waals surface area contributed by atoms with Crippen LogP contribution in [0.3, 0.4) is 0 Å². The number of nitrogens with zero attached hydrogens (tertiary/aromatic N) is 1. The van der Waals surface area contributed by atoms with E-state index in [2.05, 4.69) is 0 Å². The molecule has 0 aliphatic rings. The van der Waals surface area contributed by atoms with Crippen LogP contribution in [0.4, 0.5) is 5.69 Å². The Labute approximate surface area is 160 Å². The third-order valence-corrected chi connectivity index (χ3v) is 5.43. The molecule has 0 radical (unpaired) electrons. The van der Waals surface area contributed by atoms with Gasteiger partial charge >= 0.3 is 0 Å². The number of anilines is 1. The van der Waals surface area contributed by atoms with Crippen LogP contribution in [0.25, 0.3) is 11.0 Å². The maximum Gasteiger partial charge on any atom is 0.294 e. The van der Waals surface area contributed by atoms with E-state index < -0.39 is 0 Å². The summed E-state index contributed by atoms with van der Waals surface area (Å²) in [4.78, 5) is 16.2. The molecule has 5 heteroatoms. The summed E-state index contributed by atoms with van der Waals surface area (Å²) in [5.74, 6) is 0.215. The lowest BCUT2D eigenvalue weighted by Crippen LogP contribution is -2.30. The van der Waals surface area contributed by atoms with Crippen LogP contribution < -0.4 is 4.90 Å². The van der Waals surface area contributed by atoms with Crippen LogP contribution in [0.1, 0.15) is 21.0 Å². The monoisotopic (exact) mass is 381 g/mol. The summed E-state index contributed by atoms with van der Waals surface area (Å²) in [5.41, 5.74) is 2.36. The molecular formula is C21H16ClNO2S. The molecule has 0 spiro atoms. The molecule has 0 unspecified atom stereocenters. The van der Waals surface area contributed by atoms with Crippen LogP contribution in [-0.4, -0.2) is 5.91 Å². The molecule has 0 bridgehead atoms. The molecule has 4 aromatic rings. The Hall–Kier alpha value is -2.56. The largest absolute Gasteiger partial charge is 0.451 e. The predicted octanol–water partition coefficient (Wildman–Crippen LogP) is 6.30. The summed E-state index contributed by atoms with van der Waals surface area (Å²) in [7, 11) is 0. The predicted molar refractivity (Wildman–Crippen MR) is 107 cm³/mol. The zero-order valence-electron chi connectivity index (χ0n) is 14.1. The summed E-state index contributed by atoms with van der Waals surface area (Å²) < 4.78 is 5.89. The van der Waals surface area contributed by atoms with E-state index in [4.69, 9.17) is 16.0 Å². The number of benzene rings is 2. The summed E-state index contributed by atoms with van der Waals surface area (Å²) in [6.45, 7) is 2.40. The minimum Gasteiger partial charge on any atom is -0.451 e. The number of carbonyl (C=O) groups is 1. The van der Waals surface area contributed by atoms with Gasteiger partial charge in [0.05, 0.1) is 6.54 Å². The first-order valence-electron chi connectivity index (χ1n) is 8.21. The van der Waals surface area contributed by atoms with Crippen molar-refractivity contribution in [1.29, 1.82) is 0 Å². The average molecular weight is 382 g/mol. The van der Waals surface area contributed by atoms with Crippen molar-refractivity contribution in [3.05, 3.63) is 87.3 Å². The van der Waals surface area contributed by atoms with E-state index >= 15 is 0 Å². The molecule has 0 aliphatic carbocycles. The lowest BCUT2D eigenvalue weighted by atomic mass is 10.1. The second-order valence-corrected chi connectivity index (χ2v) is 7.47. The first-order chi connectivity index (χ1) is 12.6. The minimum absolute atomic E-state index is 0.158. The Bertz CT molecular complexity index is 1050. The van der Waals surface area contributed by atoms with Crippen molar-refractivity contribution in [2.45, 2.75) is 13.5 Å². The number of halogens is 1. The Kier molecular flexibility index (Phi) is 4.53. The fourth-order valence-corrected chi connectivity index (χ4v) is 3.78. The standard InChI is InChI=1S/C21H16ClNO2S/c1-14-18-6-2-3-7-19(18)25-20(14)21(24)23(13-17-5-4-12-26-17)16-10-8-15(22)9-11-16/h2-12H,13H2,1H3. The molecule has 2 aromatic heterocycles. The highest BCUT2D eigenvalue weighted by Gasteiger charge is 2.25. The average Bonchev–Trinajstić information content (AvgIpc) is 3.28. The van der Waals surface area contributed by atoms with E-state index in [-0.39, 0.29) is 5.91 Å². The molecule has 0 aliphatic heterocycles. The smallest absolute Gasteiger partial charge is 0.294 e. The lowest BCUT2D eigenvalue weighted by molar-refractivity contribution is 0.0960. The number of amides is 1. The van der Waals surface area contributed by atoms with Crippen molar-refractivity contribution in [2.24, 2.45) is 0 Å². The van der Waals surface area contributed by atoms with Gasteiger partial charge in [0.1, 0.15) is 5.58 Å². The molecule has 0 saturated heterocycles. The van der Waals surface area contributed by atoms with Crippen molar-refractivity contribution in [2.75, 3.05) is 4.90 Å². The number of hydrogen-bond donors (Lipinski definition) is 0. The number of para-hydroxylation sites is 1. The van der Waals surface area contributed by atoms with Crippen molar-refractivity contribution >= 4 is 45.5 Å². The molecule has 0 saturated carbocycles. The Morgan fingerprint density at radius 3 is 2.54 bits per heavy atom. The van der Waals surface area contributed by atoms with Gasteiger partial charge in [-0.1, -0.05) is 35.9 Å². The van der Waals surface area contributed by atoms with E-state index in [1.54, 1.807) is 28.4 Å². The second-order valence-electron chi connectivity index (χ2n) is 6.00. The fourth-order valence-electron chi connectivity index (χ4n) is 2.96. The minimum atomic E-state index is -0.158. The van der Waals surface area contributed by atoms with Gasteiger partial charge in [0.25, 0.3) is 5.91 Å². The summed E-state index contributed by atoms with van der Waals surface area (Å²) in [6, 6.07) is 19.0. The molecule has 0 N–H and O–H groups in total. The second kappa shape index (κ2) is 6.98. The van der Waals surface area contributed by atoms with Gasteiger partial charge in [0.15, 0.2) is 5.76 Å². The fraction of sp³-hybridized carbons (Fsp3) is 0.0952. The molecule has 2 aromatic carbocycles.